The Balaban J connectivity index is 1.77. The topological polar surface area (TPSA) is 46.2 Å². The van der Waals surface area contributed by atoms with Gasteiger partial charge in [0.25, 0.3) is 0 Å². The van der Waals surface area contributed by atoms with E-state index in [0.29, 0.717) is 22.7 Å². The van der Waals surface area contributed by atoms with Crippen LogP contribution in [-0.2, 0) is 9.59 Å². The van der Waals surface area contributed by atoms with E-state index in [1.165, 1.54) is 12.1 Å². The van der Waals surface area contributed by atoms with Crippen LogP contribution in [0, 0.1) is 11.6 Å². The maximum absolute atomic E-state index is 14.3. The molecular formula is C21H16ClF2NO2. The number of ketones is 1. The minimum absolute atomic E-state index is 0.0434. The highest BCUT2D eigenvalue weighted by Crippen LogP contribution is 2.44. The Hall–Kier alpha value is -2.53. The van der Waals surface area contributed by atoms with Crippen molar-refractivity contribution in [2.75, 3.05) is 0 Å². The first-order valence-electron chi connectivity index (χ1n) is 8.70. The van der Waals surface area contributed by atoms with Gasteiger partial charge in [-0.05, 0) is 35.6 Å². The molecule has 0 aromatic heterocycles. The van der Waals surface area contributed by atoms with Gasteiger partial charge in [0.1, 0.15) is 0 Å². The molecule has 1 N–H and O–H groups in total. The Morgan fingerprint density at radius 1 is 0.926 bits per heavy atom. The zero-order valence-corrected chi connectivity index (χ0v) is 15.0. The van der Waals surface area contributed by atoms with Crippen molar-refractivity contribution >= 4 is 23.3 Å². The highest BCUT2D eigenvalue weighted by atomic mass is 35.5. The summed E-state index contributed by atoms with van der Waals surface area (Å²) in [7, 11) is 0. The summed E-state index contributed by atoms with van der Waals surface area (Å²) in [4.78, 5) is 25.2. The Labute approximate surface area is 160 Å². The maximum Gasteiger partial charge on any atom is 0.225 e. The molecule has 2 aromatic carbocycles. The number of rotatable bonds is 2. The van der Waals surface area contributed by atoms with Gasteiger partial charge in [-0.2, -0.15) is 0 Å². The molecule has 2 atom stereocenters. The average molecular weight is 388 g/mol. The molecule has 0 unspecified atom stereocenters. The van der Waals surface area contributed by atoms with Crippen LogP contribution in [0.3, 0.4) is 0 Å². The molecule has 1 aliphatic heterocycles. The molecule has 0 fully saturated rings. The van der Waals surface area contributed by atoms with Gasteiger partial charge in [0.05, 0.1) is 0 Å². The Morgan fingerprint density at radius 2 is 1.67 bits per heavy atom. The summed E-state index contributed by atoms with van der Waals surface area (Å²) in [5.41, 5.74) is 1.75. The van der Waals surface area contributed by atoms with Crippen LogP contribution in [0.15, 0.2) is 53.7 Å². The van der Waals surface area contributed by atoms with Gasteiger partial charge < -0.3 is 5.32 Å². The third-order valence-electron chi connectivity index (χ3n) is 5.24. The lowest BCUT2D eigenvalue weighted by Crippen LogP contribution is -2.38. The van der Waals surface area contributed by atoms with Crippen LogP contribution < -0.4 is 5.32 Å². The number of halogens is 3. The Kier molecular flexibility index (Phi) is 4.56. The Bertz CT molecular complexity index is 986. The van der Waals surface area contributed by atoms with Crippen LogP contribution in [-0.4, -0.2) is 11.7 Å². The molecule has 1 amide bonds. The third-order valence-corrected chi connectivity index (χ3v) is 5.58. The molecule has 138 valence electrons. The fourth-order valence-corrected chi connectivity index (χ4v) is 4.33. The number of hydrogen-bond donors (Lipinski definition) is 1. The van der Waals surface area contributed by atoms with E-state index in [4.69, 9.17) is 11.6 Å². The quantitative estimate of drug-likeness (QED) is 0.817. The van der Waals surface area contributed by atoms with E-state index in [-0.39, 0.29) is 36.0 Å². The monoisotopic (exact) mass is 387 g/mol. The zero-order chi connectivity index (χ0) is 19.1. The van der Waals surface area contributed by atoms with E-state index in [1.54, 1.807) is 6.07 Å². The first-order chi connectivity index (χ1) is 13.0. The van der Waals surface area contributed by atoms with E-state index in [0.717, 1.165) is 11.6 Å². The fraction of sp³-hybridized carbons (Fsp3) is 0.238. The number of nitrogens with one attached hydrogen (secondary N) is 1. The maximum atomic E-state index is 14.3. The van der Waals surface area contributed by atoms with Crippen LogP contribution in [0.5, 0.6) is 0 Å². The molecule has 0 bridgehead atoms. The van der Waals surface area contributed by atoms with Crippen molar-refractivity contribution in [3.63, 3.8) is 0 Å². The molecule has 1 heterocycles. The van der Waals surface area contributed by atoms with Gasteiger partial charge in [0, 0.05) is 35.1 Å². The SMILES string of the molecule is O=C1C[C@@H](c2cccc(F)c2F)C2=C(C[C@@H](c3ccccc3Cl)CC2=O)N1. The minimum Gasteiger partial charge on any atom is -0.329 e. The van der Waals surface area contributed by atoms with Crippen molar-refractivity contribution in [3.05, 3.63) is 81.5 Å². The van der Waals surface area contributed by atoms with E-state index in [1.807, 2.05) is 18.2 Å². The summed E-state index contributed by atoms with van der Waals surface area (Å²) in [6, 6.07) is 11.1. The second-order valence-corrected chi connectivity index (χ2v) is 7.30. The molecule has 27 heavy (non-hydrogen) atoms. The predicted octanol–water partition coefficient (Wildman–Crippen LogP) is 4.62. The van der Waals surface area contributed by atoms with Crippen molar-refractivity contribution in [2.45, 2.75) is 31.1 Å². The number of carbonyl (C=O) groups is 2. The highest BCUT2D eigenvalue weighted by Gasteiger charge is 2.39. The first kappa shape index (κ1) is 17.9. The van der Waals surface area contributed by atoms with E-state index in [2.05, 4.69) is 5.32 Å². The normalized spacial score (nSPS) is 22.5. The molecular weight excluding hydrogens is 372 g/mol. The smallest absolute Gasteiger partial charge is 0.225 e. The van der Waals surface area contributed by atoms with Crippen molar-refractivity contribution < 1.29 is 18.4 Å². The van der Waals surface area contributed by atoms with Gasteiger partial charge in [0.2, 0.25) is 5.91 Å². The number of Topliss-reactive ketones (excluding diaryl/α,β-unsaturated/α-hetero) is 1. The van der Waals surface area contributed by atoms with Gasteiger partial charge in [-0.3, -0.25) is 9.59 Å². The molecule has 0 saturated heterocycles. The first-order valence-corrected chi connectivity index (χ1v) is 9.08. The van der Waals surface area contributed by atoms with Crippen LogP contribution in [0.2, 0.25) is 5.02 Å². The van der Waals surface area contributed by atoms with E-state index < -0.39 is 17.6 Å². The van der Waals surface area contributed by atoms with Gasteiger partial charge in [-0.15, -0.1) is 0 Å². The molecule has 0 radical (unpaired) electrons. The fourth-order valence-electron chi connectivity index (χ4n) is 4.04. The van der Waals surface area contributed by atoms with E-state index in [9.17, 15) is 18.4 Å². The number of allylic oxidation sites excluding steroid dienone is 2. The Morgan fingerprint density at radius 3 is 2.44 bits per heavy atom. The summed E-state index contributed by atoms with van der Waals surface area (Å²) < 4.78 is 28.0. The lowest BCUT2D eigenvalue weighted by atomic mass is 9.73. The van der Waals surface area contributed by atoms with Crippen LogP contribution in [0.1, 0.15) is 42.2 Å². The number of carbonyl (C=O) groups excluding carboxylic acids is 2. The summed E-state index contributed by atoms with van der Waals surface area (Å²) in [5.74, 6) is -3.42. The van der Waals surface area contributed by atoms with Crippen molar-refractivity contribution in [1.82, 2.24) is 5.32 Å². The predicted molar refractivity (Wildman–Crippen MR) is 97.3 cm³/mol. The standard InChI is InChI=1S/C21H16ClF2NO2/c22-15-6-2-1-4-12(15)11-8-17-20(18(26)9-11)14(10-19(27)25-17)13-5-3-7-16(23)21(13)24/h1-7,11,14H,8-10H2,(H,25,27)/t11-,14+/m1/s1. The molecule has 2 aliphatic rings. The number of benzene rings is 2. The van der Waals surface area contributed by atoms with Crippen molar-refractivity contribution in [1.29, 1.82) is 0 Å². The van der Waals surface area contributed by atoms with Gasteiger partial charge >= 0.3 is 0 Å². The summed E-state index contributed by atoms with van der Waals surface area (Å²) >= 11 is 6.27. The van der Waals surface area contributed by atoms with Gasteiger partial charge in [-0.1, -0.05) is 41.9 Å². The molecule has 0 spiro atoms. The molecule has 3 nitrogen and oxygen atoms in total. The van der Waals surface area contributed by atoms with Gasteiger partial charge in [0.15, 0.2) is 17.4 Å². The van der Waals surface area contributed by atoms with Crippen molar-refractivity contribution in [3.8, 4) is 0 Å². The van der Waals surface area contributed by atoms with E-state index >= 15 is 0 Å². The van der Waals surface area contributed by atoms with Crippen LogP contribution >= 0.6 is 11.6 Å². The molecule has 1 aliphatic carbocycles. The van der Waals surface area contributed by atoms with Crippen LogP contribution in [0.4, 0.5) is 8.78 Å². The second-order valence-electron chi connectivity index (χ2n) is 6.89. The van der Waals surface area contributed by atoms with Crippen molar-refractivity contribution in [2.24, 2.45) is 0 Å². The molecule has 0 saturated carbocycles. The molecule has 6 heteroatoms. The highest BCUT2D eigenvalue weighted by molar-refractivity contribution is 6.31. The second kappa shape index (κ2) is 6.89. The zero-order valence-electron chi connectivity index (χ0n) is 14.3. The lowest BCUT2D eigenvalue weighted by molar-refractivity contribution is -0.122. The summed E-state index contributed by atoms with van der Waals surface area (Å²) in [6.07, 6.45) is 0.553. The van der Waals surface area contributed by atoms with Gasteiger partial charge in [-0.25, -0.2) is 8.78 Å². The average Bonchev–Trinajstić information content (AvgIpc) is 2.63. The summed E-state index contributed by atoms with van der Waals surface area (Å²) in [6.45, 7) is 0. The molecule has 4 rings (SSSR count). The lowest BCUT2D eigenvalue weighted by Gasteiger charge is -2.34. The summed E-state index contributed by atoms with van der Waals surface area (Å²) in [5, 5.41) is 3.33. The molecule has 2 aromatic rings. The third kappa shape index (κ3) is 3.16. The van der Waals surface area contributed by atoms with Crippen LogP contribution in [0.25, 0.3) is 0 Å². The minimum atomic E-state index is -1.01. The largest absolute Gasteiger partial charge is 0.329 e. The number of hydrogen-bond acceptors (Lipinski definition) is 2. The number of amides is 1.